The standard InChI is InChI=1S/C11H14ClN5.C5H9FO/c1-3-4-5-7(2)10-15-9(12)8-6-14-11(13)16-17(8)10;6-5-2-1-3-7-4-5/h3,6-7H,1,4-5H2,2H3,(H2,13,16);5H,1-4H2. The van der Waals surface area contributed by atoms with Gasteiger partial charge in [0.25, 0.3) is 0 Å². The lowest BCUT2D eigenvalue weighted by atomic mass is 10.1. The van der Waals surface area contributed by atoms with Crippen molar-refractivity contribution in [3.63, 3.8) is 0 Å². The fourth-order valence-electron chi connectivity index (χ4n) is 2.40. The van der Waals surface area contributed by atoms with Gasteiger partial charge in [0.15, 0.2) is 5.15 Å². The first-order chi connectivity index (χ1) is 11.5. The molecule has 3 rings (SSSR count). The van der Waals surface area contributed by atoms with Gasteiger partial charge in [0.1, 0.15) is 17.5 Å². The molecule has 0 aromatic carbocycles. The minimum absolute atomic E-state index is 0.212. The molecule has 1 aliphatic rings. The minimum Gasteiger partial charge on any atom is -0.378 e. The molecular formula is C16H23ClFN5O. The number of anilines is 1. The van der Waals surface area contributed by atoms with Gasteiger partial charge in [-0.05, 0) is 25.7 Å². The fourth-order valence-corrected chi connectivity index (χ4v) is 2.62. The van der Waals surface area contributed by atoms with Crippen molar-refractivity contribution in [3.8, 4) is 0 Å². The van der Waals surface area contributed by atoms with Crippen LogP contribution in [-0.2, 0) is 4.74 Å². The SMILES string of the molecule is C=CCCC(C)c1nc(Cl)c2cnc(N)nn12.FC1CCCOC1. The normalized spacial score (nSPS) is 18.7. The van der Waals surface area contributed by atoms with Crippen LogP contribution in [-0.4, -0.2) is 39.0 Å². The number of alkyl halides is 1. The number of nitrogens with two attached hydrogens (primary N) is 1. The molecule has 2 aromatic rings. The second kappa shape index (κ2) is 8.94. The lowest BCUT2D eigenvalue weighted by Gasteiger charge is -2.13. The smallest absolute Gasteiger partial charge is 0.238 e. The van der Waals surface area contributed by atoms with E-state index in [-0.39, 0.29) is 11.9 Å². The van der Waals surface area contributed by atoms with Gasteiger partial charge in [-0.2, -0.15) is 0 Å². The lowest BCUT2D eigenvalue weighted by Crippen LogP contribution is -2.17. The van der Waals surface area contributed by atoms with Crippen molar-refractivity contribution in [1.29, 1.82) is 0 Å². The highest BCUT2D eigenvalue weighted by atomic mass is 35.5. The van der Waals surface area contributed by atoms with Crippen LogP contribution < -0.4 is 5.73 Å². The number of halogens is 2. The molecule has 0 amide bonds. The summed E-state index contributed by atoms with van der Waals surface area (Å²) < 4.78 is 18.5. The highest BCUT2D eigenvalue weighted by Crippen LogP contribution is 2.25. The van der Waals surface area contributed by atoms with Crippen LogP contribution in [0.5, 0.6) is 0 Å². The number of nitrogen functional groups attached to an aromatic ring is 1. The summed E-state index contributed by atoms with van der Waals surface area (Å²) in [5.74, 6) is 1.26. The third-order valence-corrected chi connectivity index (χ3v) is 4.02. The van der Waals surface area contributed by atoms with Gasteiger partial charge in [0.2, 0.25) is 5.95 Å². The highest BCUT2D eigenvalue weighted by molar-refractivity contribution is 6.32. The summed E-state index contributed by atoms with van der Waals surface area (Å²) in [7, 11) is 0. The van der Waals surface area contributed by atoms with E-state index < -0.39 is 6.17 Å². The Morgan fingerprint density at radius 2 is 2.42 bits per heavy atom. The predicted octanol–water partition coefficient (Wildman–Crippen LogP) is 3.56. The predicted molar refractivity (Wildman–Crippen MR) is 93.0 cm³/mol. The molecule has 6 nitrogen and oxygen atoms in total. The van der Waals surface area contributed by atoms with Crippen molar-refractivity contribution in [2.24, 2.45) is 0 Å². The summed E-state index contributed by atoms with van der Waals surface area (Å²) in [6.45, 7) is 6.86. The van der Waals surface area contributed by atoms with Gasteiger partial charge in [-0.25, -0.2) is 18.9 Å². The Morgan fingerprint density at radius 1 is 1.62 bits per heavy atom. The van der Waals surface area contributed by atoms with E-state index in [4.69, 9.17) is 22.1 Å². The van der Waals surface area contributed by atoms with Crippen molar-refractivity contribution in [1.82, 2.24) is 19.6 Å². The monoisotopic (exact) mass is 355 g/mol. The van der Waals surface area contributed by atoms with Crippen LogP contribution in [0.4, 0.5) is 10.3 Å². The summed E-state index contributed by atoms with van der Waals surface area (Å²) in [6.07, 6.45) is 6.24. The Kier molecular flexibility index (Phi) is 6.93. The number of ether oxygens (including phenoxy) is 1. The van der Waals surface area contributed by atoms with Crippen LogP contribution in [0.1, 0.15) is 44.3 Å². The molecule has 0 saturated carbocycles. The zero-order valence-electron chi connectivity index (χ0n) is 13.8. The second-order valence-corrected chi connectivity index (χ2v) is 6.11. The van der Waals surface area contributed by atoms with E-state index in [1.165, 1.54) is 0 Å². The first kappa shape index (κ1) is 18.6. The average molecular weight is 356 g/mol. The molecule has 24 heavy (non-hydrogen) atoms. The molecule has 2 atom stereocenters. The van der Waals surface area contributed by atoms with Crippen LogP contribution in [0.25, 0.3) is 5.52 Å². The first-order valence-electron chi connectivity index (χ1n) is 8.02. The lowest BCUT2D eigenvalue weighted by molar-refractivity contribution is 0.0366. The molecule has 1 fully saturated rings. The number of imidazole rings is 1. The van der Waals surface area contributed by atoms with Crippen LogP contribution in [0, 0.1) is 0 Å². The number of fused-ring (bicyclic) bond motifs is 1. The largest absolute Gasteiger partial charge is 0.378 e. The first-order valence-corrected chi connectivity index (χ1v) is 8.40. The zero-order chi connectivity index (χ0) is 17.5. The Labute approximate surface area is 145 Å². The molecule has 132 valence electrons. The molecular weight excluding hydrogens is 333 g/mol. The number of hydrogen-bond donors (Lipinski definition) is 1. The Balaban J connectivity index is 0.000000249. The van der Waals surface area contributed by atoms with E-state index in [0.717, 1.165) is 31.7 Å². The third-order valence-electron chi connectivity index (χ3n) is 3.74. The maximum atomic E-state index is 12.1. The van der Waals surface area contributed by atoms with E-state index in [1.54, 1.807) is 10.7 Å². The maximum absolute atomic E-state index is 12.1. The van der Waals surface area contributed by atoms with Gasteiger partial charge < -0.3 is 10.5 Å². The fraction of sp³-hybridized carbons (Fsp3) is 0.562. The summed E-state index contributed by atoms with van der Waals surface area (Å²) in [4.78, 5) is 8.23. The number of aromatic nitrogens is 4. The van der Waals surface area contributed by atoms with Gasteiger partial charge in [0.05, 0.1) is 12.8 Å². The van der Waals surface area contributed by atoms with Gasteiger partial charge in [-0.15, -0.1) is 11.7 Å². The van der Waals surface area contributed by atoms with Crippen molar-refractivity contribution in [3.05, 3.63) is 29.8 Å². The maximum Gasteiger partial charge on any atom is 0.238 e. The second-order valence-electron chi connectivity index (χ2n) is 5.76. The van der Waals surface area contributed by atoms with E-state index in [0.29, 0.717) is 23.7 Å². The number of rotatable bonds is 4. The molecule has 0 spiro atoms. The zero-order valence-corrected chi connectivity index (χ0v) is 14.5. The van der Waals surface area contributed by atoms with Crippen molar-refractivity contribution in [2.45, 2.75) is 44.7 Å². The van der Waals surface area contributed by atoms with Gasteiger partial charge in [0, 0.05) is 12.5 Å². The molecule has 0 radical (unpaired) electrons. The minimum atomic E-state index is -0.686. The van der Waals surface area contributed by atoms with E-state index in [1.807, 2.05) is 6.08 Å². The van der Waals surface area contributed by atoms with Crippen molar-refractivity contribution >= 4 is 23.1 Å². The van der Waals surface area contributed by atoms with Crippen molar-refractivity contribution in [2.75, 3.05) is 18.9 Å². The molecule has 2 unspecified atom stereocenters. The summed E-state index contributed by atoms with van der Waals surface area (Å²) in [5.41, 5.74) is 6.25. The average Bonchev–Trinajstić information content (AvgIpc) is 2.90. The molecule has 0 aliphatic carbocycles. The summed E-state index contributed by atoms with van der Waals surface area (Å²) >= 11 is 6.04. The van der Waals surface area contributed by atoms with Crippen LogP contribution >= 0.6 is 11.6 Å². The van der Waals surface area contributed by atoms with Crippen LogP contribution in [0.2, 0.25) is 5.15 Å². The molecule has 1 saturated heterocycles. The van der Waals surface area contributed by atoms with Crippen LogP contribution in [0.15, 0.2) is 18.9 Å². The summed E-state index contributed by atoms with van der Waals surface area (Å²) in [6, 6.07) is 0. The van der Waals surface area contributed by atoms with E-state index in [9.17, 15) is 4.39 Å². The number of nitrogens with zero attached hydrogens (tertiary/aromatic N) is 4. The highest BCUT2D eigenvalue weighted by Gasteiger charge is 2.16. The van der Waals surface area contributed by atoms with Crippen molar-refractivity contribution < 1.29 is 9.13 Å². The Bertz CT molecular complexity index is 672. The van der Waals surface area contributed by atoms with Crippen LogP contribution in [0.3, 0.4) is 0 Å². The van der Waals surface area contributed by atoms with E-state index >= 15 is 0 Å². The molecule has 8 heteroatoms. The quantitative estimate of drug-likeness (QED) is 0.848. The molecule has 0 bridgehead atoms. The topological polar surface area (TPSA) is 78.3 Å². The Morgan fingerprint density at radius 3 is 3.00 bits per heavy atom. The van der Waals surface area contributed by atoms with Gasteiger partial charge in [-0.3, -0.25) is 0 Å². The molecule has 1 aliphatic heterocycles. The van der Waals surface area contributed by atoms with Gasteiger partial charge in [-0.1, -0.05) is 24.6 Å². The van der Waals surface area contributed by atoms with Gasteiger partial charge >= 0.3 is 0 Å². The molecule has 3 heterocycles. The third kappa shape index (κ3) is 4.88. The summed E-state index contributed by atoms with van der Waals surface area (Å²) in [5, 5.41) is 4.54. The van der Waals surface area contributed by atoms with E-state index in [2.05, 4.69) is 28.6 Å². The number of allylic oxidation sites excluding steroid dienone is 1. The number of hydrogen-bond acceptors (Lipinski definition) is 5. The molecule has 2 N–H and O–H groups in total. The Hall–Kier alpha value is -1.73. The molecule has 2 aromatic heterocycles.